The Morgan fingerprint density at radius 1 is 1.60 bits per heavy atom. The molecule has 0 saturated carbocycles. The van der Waals surface area contributed by atoms with Gasteiger partial charge in [-0.3, -0.25) is 4.78 Å². The van der Waals surface area contributed by atoms with Crippen LogP contribution in [0.15, 0.2) is 0 Å². The Morgan fingerprint density at radius 2 is 2.20 bits per heavy atom. The second kappa shape index (κ2) is 2.53. The summed E-state index contributed by atoms with van der Waals surface area (Å²) < 4.78 is 18.5. The molecule has 60 valence electrons. The number of nitrogens with one attached hydrogen (secondary N) is 1. The second-order valence-corrected chi connectivity index (χ2v) is 5.84. The van der Waals surface area contributed by atoms with Crippen LogP contribution in [0.25, 0.3) is 0 Å². The zero-order valence-electron chi connectivity index (χ0n) is 6.59. The van der Waals surface area contributed by atoms with Gasteiger partial charge in [0.1, 0.15) is 0 Å². The van der Waals surface area contributed by atoms with E-state index in [9.17, 15) is 4.21 Å². The van der Waals surface area contributed by atoms with Crippen LogP contribution in [0.2, 0.25) is 0 Å². The summed E-state index contributed by atoms with van der Waals surface area (Å²) in [6.07, 6.45) is 1.00. The van der Waals surface area contributed by atoms with Crippen molar-refractivity contribution in [2.24, 2.45) is 11.8 Å². The minimum Gasteiger partial charge on any atom is -0.253 e. The van der Waals surface area contributed by atoms with Crippen molar-refractivity contribution in [1.82, 2.24) is 0 Å². The van der Waals surface area contributed by atoms with Crippen molar-refractivity contribution in [3.8, 4) is 0 Å². The molecule has 0 bridgehead atoms. The van der Waals surface area contributed by atoms with Crippen LogP contribution in [0.5, 0.6) is 0 Å². The maximum Gasteiger partial charge on any atom is 0.0444 e. The Balaban J connectivity index is 2.60. The van der Waals surface area contributed by atoms with Gasteiger partial charge in [-0.1, -0.05) is 13.8 Å². The smallest absolute Gasteiger partial charge is 0.0444 e. The molecule has 1 heterocycles. The molecule has 1 rings (SSSR count). The number of rotatable bonds is 1. The van der Waals surface area contributed by atoms with E-state index in [-0.39, 0.29) is 0 Å². The fourth-order valence-electron chi connectivity index (χ4n) is 1.38. The van der Waals surface area contributed by atoms with Crippen LogP contribution in [0, 0.1) is 16.6 Å². The monoisotopic (exact) mass is 161 g/mol. The van der Waals surface area contributed by atoms with Gasteiger partial charge in [-0.15, -0.1) is 0 Å². The van der Waals surface area contributed by atoms with E-state index in [1.165, 1.54) is 0 Å². The minimum atomic E-state index is -2.14. The molecular formula is C7H15NOS. The van der Waals surface area contributed by atoms with E-state index in [1.807, 2.05) is 0 Å². The standard InChI is InChI=1S/C7H15NOS/c1-6(2)7-3-4-10(8,9)5-7/h6-8H,3-5H2,1-2H3. The summed E-state index contributed by atoms with van der Waals surface area (Å²) >= 11 is 0. The summed E-state index contributed by atoms with van der Waals surface area (Å²) in [5, 5.41) is 0. The van der Waals surface area contributed by atoms with Gasteiger partial charge in [-0.2, -0.15) is 0 Å². The van der Waals surface area contributed by atoms with Crippen molar-refractivity contribution in [1.29, 1.82) is 4.78 Å². The Hall–Kier alpha value is -0.0500. The maximum absolute atomic E-state index is 11.2. The van der Waals surface area contributed by atoms with Crippen molar-refractivity contribution >= 4 is 9.73 Å². The fraction of sp³-hybridized carbons (Fsp3) is 1.00. The third-order valence-corrected chi connectivity index (χ3v) is 4.11. The molecule has 0 spiro atoms. The Morgan fingerprint density at radius 3 is 2.40 bits per heavy atom. The molecule has 1 aliphatic heterocycles. The van der Waals surface area contributed by atoms with E-state index < -0.39 is 9.73 Å². The summed E-state index contributed by atoms with van der Waals surface area (Å²) in [6.45, 7) is 4.29. The zero-order chi connectivity index (χ0) is 7.78. The lowest BCUT2D eigenvalue weighted by atomic mass is 9.96. The van der Waals surface area contributed by atoms with E-state index in [0.29, 0.717) is 23.3 Å². The molecular weight excluding hydrogens is 146 g/mol. The summed E-state index contributed by atoms with van der Waals surface area (Å²) in [5.41, 5.74) is 0. The molecule has 0 aromatic carbocycles. The molecule has 2 nitrogen and oxygen atoms in total. The second-order valence-electron chi connectivity index (χ2n) is 3.48. The van der Waals surface area contributed by atoms with Crippen LogP contribution in [-0.2, 0) is 9.73 Å². The number of hydrogen-bond acceptors (Lipinski definition) is 2. The van der Waals surface area contributed by atoms with Gasteiger partial charge in [-0.25, -0.2) is 4.21 Å². The molecule has 1 saturated heterocycles. The van der Waals surface area contributed by atoms with Gasteiger partial charge in [0, 0.05) is 21.2 Å². The van der Waals surface area contributed by atoms with E-state index in [1.54, 1.807) is 0 Å². The molecule has 0 aromatic heterocycles. The normalized spacial score (nSPS) is 40.9. The molecule has 2 atom stereocenters. The predicted octanol–water partition coefficient (Wildman–Crippen LogP) is 1.71. The number of hydrogen-bond donors (Lipinski definition) is 1. The summed E-state index contributed by atoms with van der Waals surface area (Å²) in [5.74, 6) is 2.43. The van der Waals surface area contributed by atoms with Gasteiger partial charge in [0.2, 0.25) is 0 Å². The highest BCUT2D eigenvalue weighted by Gasteiger charge is 2.26. The van der Waals surface area contributed by atoms with E-state index in [0.717, 1.165) is 6.42 Å². The van der Waals surface area contributed by atoms with Gasteiger partial charge in [0.05, 0.1) is 0 Å². The summed E-state index contributed by atoms with van der Waals surface area (Å²) in [4.78, 5) is 0. The first-order valence-corrected chi connectivity index (χ1v) is 5.65. The van der Waals surface area contributed by atoms with E-state index >= 15 is 0 Å². The average molecular weight is 161 g/mol. The summed E-state index contributed by atoms with van der Waals surface area (Å²) in [6, 6.07) is 0. The quantitative estimate of drug-likeness (QED) is 0.625. The molecule has 0 aliphatic carbocycles. The highest BCUT2D eigenvalue weighted by Crippen LogP contribution is 2.25. The van der Waals surface area contributed by atoms with Gasteiger partial charge in [0.15, 0.2) is 0 Å². The largest absolute Gasteiger partial charge is 0.253 e. The molecule has 0 aromatic rings. The average Bonchev–Trinajstić information content (AvgIpc) is 2.10. The van der Waals surface area contributed by atoms with Crippen molar-refractivity contribution in [3.05, 3.63) is 0 Å². The molecule has 0 radical (unpaired) electrons. The first kappa shape index (κ1) is 8.05. The Bertz CT molecular complexity index is 206. The molecule has 3 heteroatoms. The Kier molecular flexibility index (Phi) is 2.04. The van der Waals surface area contributed by atoms with E-state index in [4.69, 9.17) is 4.78 Å². The van der Waals surface area contributed by atoms with Crippen LogP contribution in [0.3, 0.4) is 0 Å². The SMILES string of the molecule is CC(C)C1CCS(=N)(=O)C1. The van der Waals surface area contributed by atoms with Crippen molar-refractivity contribution in [2.75, 3.05) is 11.5 Å². The first-order chi connectivity index (χ1) is 4.51. The van der Waals surface area contributed by atoms with Crippen LogP contribution in [0.4, 0.5) is 0 Å². The van der Waals surface area contributed by atoms with Crippen LogP contribution < -0.4 is 0 Å². The Labute approximate surface area is 63.0 Å². The van der Waals surface area contributed by atoms with Crippen LogP contribution in [0.1, 0.15) is 20.3 Å². The fourth-order valence-corrected chi connectivity index (χ4v) is 3.47. The third kappa shape index (κ3) is 1.72. The van der Waals surface area contributed by atoms with Crippen molar-refractivity contribution in [2.45, 2.75) is 20.3 Å². The van der Waals surface area contributed by atoms with Crippen molar-refractivity contribution < 1.29 is 4.21 Å². The van der Waals surface area contributed by atoms with Crippen LogP contribution >= 0.6 is 0 Å². The van der Waals surface area contributed by atoms with Gasteiger partial charge in [0.25, 0.3) is 0 Å². The lowest BCUT2D eigenvalue weighted by molar-refractivity contribution is 0.429. The van der Waals surface area contributed by atoms with Gasteiger partial charge >= 0.3 is 0 Å². The lowest BCUT2D eigenvalue weighted by Gasteiger charge is -2.10. The summed E-state index contributed by atoms with van der Waals surface area (Å²) in [7, 11) is -2.14. The zero-order valence-corrected chi connectivity index (χ0v) is 7.41. The lowest BCUT2D eigenvalue weighted by Crippen LogP contribution is -2.09. The molecule has 10 heavy (non-hydrogen) atoms. The highest BCUT2D eigenvalue weighted by atomic mass is 32.2. The topological polar surface area (TPSA) is 40.9 Å². The highest BCUT2D eigenvalue weighted by molar-refractivity contribution is 7.92. The molecule has 0 amide bonds. The van der Waals surface area contributed by atoms with Crippen molar-refractivity contribution in [3.63, 3.8) is 0 Å². The van der Waals surface area contributed by atoms with Crippen LogP contribution in [-0.4, -0.2) is 15.7 Å². The minimum absolute atomic E-state index is 0.546. The maximum atomic E-state index is 11.2. The third-order valence-electron chi connectivity index (χ3n) is 2.24. The molecule has 1 fully saturated rings. The van der Waals surface area contributed by atoms with E-state index in [2.05, 4.69) is 13.8 Å². The molecule has 1 N–H and O–H groups in total. The van der Waals surface area contributed by atoms with Gasteiger partial charge < -0.3 is 0 Å². The molecule has 2 unspecified atom stereocenters. The first-order valence-electron chi connectivity index (χ1n) is 3.75. The van der Waals surface area contributed by atoms with Gasteiger partial charge in [-0.05, 0) is 18.3 Å². The molecule has 1 aliphatic rings. The predicted molar refractivity (Wildman–Crippen MR) is 43.5 cm³/mol.